The molecule has 1 aromatic heterocycles. The van der Waals surface area contributed by atoms with E-state index >= 15 is 0 Å². The highest BCUT2D eigenvalue weighted by molar-refractivity contribution is 5.27. The largest absolute Gasteiger partial charge is 0.353 e. The minimum absolute atomic E-state index is 0.484. The summed E-state index contributed by atoms with van der Waals surface area (Å²) < 4.78 is 2.08. The smallest absolute Gasteiger partial charge is 0.203 e. The molecule has 0 bridgehead atoms. The van der Waals surface area contributed by atoms with Crippen molar-refractivity contribution in [3.8, 4) is 0 Å². The summed E-state index contributed by atoms with van der Waals surface area (Å²) in [4.78, 5) is 4.32. The molecular weight excluding hydrogens is 210 g/mol. The Hall–Kier alpha value is -1.25. The van der Waals surface area contributed by atoms with E-state index in [1.807, 2.05) is 18.5 Å². The Morgan fingerprint density at radius 3 is 3.00 bits per heavy atom. The first-order valence-corrected chi connectivity index (χ1v) is 6.66. The predicted octanol–water partition coefficient (Wildman–Crippen LogP) is 3.84. The second-order valence-corrected chi connectivity index (χ2v) is 4.59. The third-order valence-electron chi connectivity index (χ3n) is 2.91. The number of aromatic nitrogens is 2. The van der Waals surface area contributed by atoms with E-state index in [9.17, 15) is 0 Å². The van der Waals surface area contributed by atoms with Gasteiger partial charge in [0.1, 0.15) is 0 Å². The van der Waals surface area contributed by atoms with Crippen molar-refractivity contribution in [1.29, 1.82) is 0 Å². The highest BCUT2D eigenvalue weighted by Crippen LogP contribution is 2.11. The SMILES string of the molecule is C=CCn1ccnc1NC(C)CCCCCC. The number of nitrogens with zero attached hydrogens (tertiary/aromatic N) is 2. The Morgan fingerprint density at radius 1 is 1.47 bits per heavy atom. The number of nitrogens with one attached hydrogen (secondary N) is 1. The van der Waals surface area contributed by atoms with Crippen LogP contribution in [0.1, 0.15) is 46.0 Å². The maximum atomic E-state index is 4.32. The van der Waals surface area contributed by atoms with Crippen LogP contribution < -0.4 is 5.32 Å². The van der Waals surface area contributed by atoms with Crippen LogP contribution in [0.2, 0.25) is 0 Å². The van der Waals surface area contributed by atoms with Crippen molar-refractivity contribution >= 4 is 5.95 Å². The Bertz CT molecular complexity index is 317. The van der Waals surface area contributed by atoms with Crippen molar-refractivity contribution in [2.24, 2.45) is 0 Å². The molecule has 96 valence electrons. The lowest BCUT2D eigenvalue weighted by Gasteiger charge is -2.15. The van der Waals surface area contributed by atoms with E-state index in [-0.39, 0.29) is 0 Å². The van der Waals surface area contributed by atoms with Crippen molar-refractivity contribution in [1.82, 2.24) is 9.55 Å². The second-order valence-electron chi connectivity index (χ2n) is 4.59. The zero-order chi connectivity index (χ0) is 12.5. The summed E-state index contributed by atoms with van der Waals surface area (Å²) in [6.45, 7) is 9.02. The van der Waals surface area contributed by atoms with Gasteiger partial charge in [0.15, 0.2) is 0 Å². The lowest BCUT2D eigenvalue weighted by Crippen LogP contribution is -2.18. The maximum Gasteiger partial charge on any atom is 0.203 e. The van der Waals surface area contributed by atoms with Gasteiger partial charge in [0.2, 0.25) is 5.95 Å². The van der Waals surface area contributed by atoms with Crippen molar-refractivity contribution in [2.45, 2.75) is 58.5 Å². The van der Waals surface area contributed by atoms with E-state index in [4.69, 9.17) is 0 Å². The molecule has 0 spiro atoms. The monoisotopic (exact) mass is 235 g/mol. The van der Waals surface area contributed by atoms with Crippen LogP contribution in [0.15, 0.2) is 25.0 Å². The van der Waals surface area contributed by atoms with Crippen LogP contribution in [0.3, 0.4) is 0 Å². The van der Waals surface area contributed by atoms with Crippen molar-refractivity contribution < 1.29 is 0 Å². The summed E-state index contributed by atoms with van der Waals surface area (Å²) in [5.74, 6) is 0.952. The van der Waals surface area contributed by atoms with Crippen LogP contribution in [-0.2, 0) is 6.54 Å². The molecule has 0 saturated carbocycles. The van der Waals surface area contributed by atoms with Gasteiger partial charge in [-0.2, -0.15) is 0 Å². The number of hydrogen-bond donors (Lipinski definition) is 1. The first kappa shape index (κ1) is 13.8. The normalized spacial score (nSPS) is 12.4. The average molecular weight is 235 g/mol. The van der Waals surface area contributed by atoms with E-state index in [0.717, 1.165) is 12.5 Å². The van der Waals surface area contributed by atoms with Crippen LogP contribution in [0.4, 0.5) is 5.95 Å². The minimum Gasteiger partial charge on any atom is -0.353 e. The molecule has 3 nitrogen and oxygen atoms in total. The maximum absolute atomic E-state index is 4.32. The van der Waals surface area contributed by atoms with E-state index < -0.39 is 0 Å². The molecule has 0 radical (unpaired) electrons. The van der Waals surface area contributed by atoms with Gasteiger partial charge < -0.3 is 9.88 Å². The standard InChI is InChI=1S/C14H25N3/c1-4-6-7-8-9-13(3)16-14-15-10-12-17(14)11-5-2/h5,10,12-13H,2,4,6-9,11H2,1,3H3,(H,15,16). The van der Waals surface area contributed by atoms with Gasteiger partial charge in [0, 0.05) is 25.0 Å². The number of unbranched alkanes of at least 4 members (excludes halogenated alkanes) is 3. The third kappa shape index (κ3) is 5.07. The molecule has 0 aliphatic heterocycles. The molecular formula is C14H25N3. The average Bonchev–Trinajstić information content (AvgIpc) is 2.73. The van der Waals surface area contributed by atoms with Crippen molar-refractivity contribution in [3.63, 3.8) is 0 Å². The zero-order valence-electron chi connectivity index (χ0n) is 11.2. The van der Waals surface area contributed by atoms with E-state index in [0.29, 0.717) is 6.04 Å². The summed E-state index contributed by atoms with van der Waals surface area (Å²) >= 11 is 0. The number of imidazole rings is 1. The van der Waals surface area contributed by atoms with Gasteiger partial charge in [-0.25, -0.2) is 4.98 Å². The van der Waals surface area contributed by atoms with Gasteiger partial charge in [-0.3, -0.25) is 0 Å². The van der Waals surface area contributed by atoms with Gasteiger partial charge in [-0.1, -0.05) is 38.7 Å². The summed E-state index contributed by atoms with van der Waals surface area (Å²) in [5.41, 5.74) is 0. The topological polar surface area (TPSA) is 29.9 Å². The summed E-state index contributed by atoms with van der Waals surface area (Å²) in [5, 5.41) is 3.46. The number of allylic oxidation sites excluding steroid dienone is 1. The Morgan fingerprint density at radius 2 is 2.29 bits per heavy atom. The number of hydrogen-bond acceptors (Lipinski definition) is 2. The fourth-order valence-corrected chi connectivity index (χ4v) is 1.91. The number of rotatable bonds is 9. The molecule has 1 unspecified atom stereocenters. The molecule has 0 aromatic carbocycles. The highest BCUT2D eigenvalue weighted by Gasteiger charge is 2.05. The van der Waals surface area contributed by atoms with E-state index in [1.54, 1.807) is 0 Å². The fourth-order valence-electron chi connectivity index (χ4n) is 1.91. The molecule has 0 amide bonds. The van der Waals surface area contributed by atoms with Crippen molar-refractivity contribution in [3.05, 3.63) is 25.0 Å². The molecule has 1 rings (SSSR count). The first-order valence-electron chi connectivity index (χ1n) is 6.66. The fraction of sp³-hybridized carbons (Fsp3) is 0.643. The minimum atomic E-state index is 0.484. The first-order chi connectivity index (χ1) is 8.27. The molecule has 0 aliphatic rings. The molecule has 0 aliphatic carbocycles. The molecule has 0 saturated heterocycles. The third-order valence-corrected chi connectivity index (χ3v) is 2.91. The predicted molar refractivity (Wildman–Crippen MR) is 74.3 cm³/mol. The van der Waals surface area contributed by atoms with Gasteiger partial charge in [0.05, 0.1) is 0 Å². The van der Waals surface area contributed by atoms with Crippen LogP contribution in [0.5, 0.6) is 0 Å². The van der Waals surface area contributed by atoms with Gasteiger partial charge in [-0.15, -0.1) is 6.58 Å². The summed E-state index contributed by atoms with van der Waals surface area (Å²) in [7, 11) is 0. The Balaban J connectivity index is 2.31. The molecule has 1 heterocycles. The van der Waals surface area contributed by atoms with Gasteiger partial charge >= 0.3 is 0 Å². The molecule has 1 atom stereocenters. The van der Waals surface area contributed by atoms with E-state index in [1.165, 1.54) is 32.1 Å². The molecule has 17 heavy (non-hydrogen) atoms. The molecule has 3 heteroatoms. The lowest BCUT2D eigenvalue weighted by atomic mass is 10.1. The van der Waals surface area contributed by atoms with Crippen LogP contribution in [0, 0.1) is 0 Å². The molecule has 0 fully saturated rings. The van der Waals surface area contributed by atoms with Crippen LogP contribution >= 0.6 is 0 Å². The van der Waals surface area contributed by atoms with E-state index in [2.05, 4.69) is 35.3 Å². The zero-order valence-corrected chi connectivity index (χ0v) is 11.2. The molecule has 1 aromatic rings. The molecule has 1 N–H and O–H groups in total. The lowest BCUT2D eigenvalue weighted by molar-refractivity contribution is 0.589. The van der Waals surface area contributed by atoms with Crippen LogP contribution in [0.25, 0.3) is 0 Å². The van der Waals surface area contributed by atoms with Gasteiger partial charge in [-0.05, 0) is 13.3 Å². The van der Waals surface area contributed by atoms with Crippen LogP contribution in [-0.4, -0.2) is 15.6 Å². The second kappa shape index (κ2) is 7.93. The highest BCUT2D eigenvalue weighted by atomic mass is 15.2. The van der Waals surface area contributed by atoms with Gasteiger partial charge in [0.25, 0.3) is 0 Å². The number of anilines is 1. The Kier molecular flexibility index (Phi) is 6.45. The van der Waals surface area contributed by atoms with Crippen molar-refractivity contribution in [2.75, 3.05) is 5.32 Å². The summed E-state index contributed by atoms with van der Waals surface area (Å²) in [6.07, 6.45) is 12.2. The Labute approximate surface area is 105 Å². The quantitative estimate of drug-likeness (QED) is 0.520. The summed E-state index contributed by atoms with van der Waals surface area (Å²) in [6, 6.07) is 0.484.